The third-order valence-electron chi connectivity index (χ3n) is 3.70. The summed E-state index contributed by atoms with van der Waals surface area (Å²) in [6, 6.07) is 2.39. The summed E-state index contributed by atoms with van der Waals surface area (Å²) >= 11 is 0. The van der Waals surface area contributed by atoms with Crippen LogP contribution in [0.2, 0.25) is 0 Å². The van der Waals surface area contributed by atoms with Crippen LogP contribution in [-0.4, -0.2) is 72.4 Å². The Balaban J connectivity index is 2.45. The zero-order valence-electron chi connectivity index (χ0n) is 12.8. The summed E-state index contributed by atoms with van der Waals surface area (Å²) in [5.41, 5.74) is -0.0425. The average molecular weight is 325 g/mol. The van der Waals surface area contributed by atoms with Gasteiger partial charge < -0.3 is 24.7 Å². The molecule has 0 radical (unpaired) electrons. The molecule has 0 unspecified atom stereocenters. The molecule has 1 aliphatic heterocycles. The highest BCUT2D eigenvalue weighted by molar-refractivity contribution is 5.96. The summed E-state index contributed by atoms with van der Waals surface area (Å²) in [6.07, 6.45) is 0. The van der Waals surface area contributed by atoms with Crippen molar-refractivity contribution in [3.05, 3.63) is 27.8 Å². The maximum absolute atomic E-state index is 11.5. The average Bonchev–Trinajstić information content (AvgIpc) is 2.52. The van der Waals surface area contributed by atoms with Gasteiger partial charge in [-0.05, 0) is 7.05 Å². The van der Waals surface area contributed by atoms with Crippen LogP contribution >= 0.6 is 0 Å². The van der Waals surface area contributed by atoms with Gasteiger partial charge >= 0.3 is 11.7 Å². The van der Waals surface area contributed by atoms with Gasteiger partial charge in [0.1, 0.15) is 6.61 Å². The first-order chi connectivity index (χ1) is 10.9. The van der Waals surface area contributed by atoms with Gasteiger partial charge in [-0.3, -0.25) is 10.1 Å². The van der Waals surface area contributed by atoms with E-state index in [2.05, 4.69) is 4.90 Å². The molecule has 9 nitrogen and oxygen atoms in total. The molecule has 9 heteroatoms. The van der Waals surface area contributed by atoms with E-state index in [0.29, 0.717) is 18.8 Å². The molecule has 1 fully saturated rings. The van der Waals surface area contributed by atoms with Gasteiger partial charge in [0.15, 0.2) is 5.75 Å². The molecule has 1 aliphatic rings. The normalized spacial score (nSPS) is 15.5. The highest BCUT2D eigenvalue weighted by atomic mass is 16.6. The van der Waals surface area contributed by atoms with Crippen LogP contribution in [-0.2, 0) is 0 Å². The van der Waals surface area contributed by atoms with Crippen molar-refractivity contribution < 1.29 is 24.7 Å². The Morgan fingerprint density at radius 1 is 1.35 bits per heavy atom. The molecule has 1 aromatic carbocycles. The molecule has 2 N–H and O–H groups in total. The van der Waals surface area contributed by atoms with Gasteiger partial charge in [0, 0.05) is 38.3 Å². The Labute approximate surface area is 132 Å². The van der Waals surface area contributed by atoms with Gasteiger partial charge in [-0.25, -0.2) is 4.79 Å². The van der Waals surface area contributed by atoms with E-state index in [0.717, 1.165) is 19.2 Å². The van der Waals surface area contributed by atoms with E-state index in [-0.39, 0.29) is 30.2 Å². The Morgan fingerprint density at radius 3 is 2.52 bits per heavy atom. The number of anilines is 1. The summed E-state index contributed by atoms with van der Waals surface area (Å²) in [5.74, 6) is -1.33. The monoisotopic (exact) mass is 325 g/mol. The van der Waals surface area contributed by atoms with Crippen LogP contribution in [0.15, 0.2) is 12.1 Å². The van der Waals surface area contributed by atoms with Crippen LogP contribution in [0.5, 0.6) is 5.75 Å². The molecule has 1 saturated heterocycles. The second-order valence-corrected chi connectivity index (χ2v) is 5.26. The lowest BCUT2D eigenvalue weighted by Crippen LogP contribution is -2.45. The highest BCUT2D eigenvalue weighted by Crippen LogP contribution is 2.35. The molecule has 0 atom stereocenters. The zero-order chi connectivity index (χ0) is 17.0. The minimum absolute atomic E-state index is 0.0481. The number of rotatable bonds is 6. The number of piperazine rings is 1. The lowest BCUT2D eigenvalue weighted by molar-refractivity contribution is -0.385. The lowest BCUT2D eigenvalue weighted by atomic mass is 10.1. The van der Waals surface area contributed by atoms with E-state index >= 15 is 0 Å². The fourth-order valence-electron chi connectivity index (χ4n) is 2.45. The number of nitro benzene ring substituents is 1. The maximum atomic E-state index is 11.5. The number of hydrogen-bond donors (Lipinski definition) is 2. The Kier molecular flexibility index (Phi) is 5.35. The molecule has 23 heavy (non-hydrogen) atoms. The molecule has 2 rings (SSSR count). The lowest BCUT2D eigenvalue weighted by Gasteiger charge is -2.34. The molecule has 1 aromatic rings. The Hall–Kier alpha value is -2.39. The fraction of sp³-hybridized carbons (Fsp3) is 0.500. The molecule has 0 bridgehead atoms. The maximum Gasteiger partial charge on any atom is 0.337 e. The van der Waals surface area contributed by atoms with Gasteiger partial charge in [-0.1, -0.05) is 0 Å². The first-order valence-electron chi connectivity index (χ1n) is 7.17. The van der Waals surface area contributed by atoms with Crippen molar-refractivity contribution in [2.75, 3.05) is 51.3 Å². The number of aliphatic hydroxyl groups excluding tert-OH is 1. The second kappa shape index (κ2) is 7.25. The first kappa shape index (κ1) is 17.0. The summed E-state index contributed by atoms with van der Waals surface area (Å²) in [4.78, 5) is 26.1. The van der Waals surface area contributed by atoms with Gasteiger partial charge in [0.05, 0.1) is 22.8 Å². The standard InChI is InChI=1S/C14H19N3O6/c1-15-2-4-16(5-3-15)11-9-12(17(21)22)13(23-7-6-18)8-10(11)14(19)20/h8-9,18H,2-7H2,1H3,(H,19,20). The van der Waals surface area contributed by atoms with Gasteiger partial charge in [0.2, 0.25) is 0 Å². The number of likely N-dealkylation sites (N-methyl/N-ethyl adjacent to an activating group) is 1. The predicted octanol–water partition coefficient (Wildman–Crippen LogP) is 0.416. The highest BCUT2D eigenvalue weighted by Gasteiger charge is 2.26. The number of aliphatic hydroxyl groups is 1. The summed E-state index contributed by atoms with van der Waals surface area (Å²) in [7, 11) is 1.96. The van der Waals surface area contributed by atoms with E-state index < -0.39 is 10.9 Å². The van der Waals surface area contributed by atoms with Crippen molar-refractivity contribution >= 4 is 17.3 Å². The number of carboxylic acids is 1. The van der Waals surface area contributed by atoms with Crippen molar-refractivity contribution in [3.8, 4) is 5.75 Å². The molecule has 126 valence electrons. The molecular formula is C14H19N3O6. The number of aromatic carboxylic acids is 1. The van der Waals surface area contributed by atoms with E-state index in [1.54, 1.807) is 0 Å². The zero-order valence-corrected chi connectivity index (χ0v) is 12.8. The SMILES string of the molecule is CN1CCN(c2cc([N+](=O)[O-])c(OCCO)cc2C(=O)O)CC1. The van der Waals surface area contributed by atoms with Crippen molar-refractivity contribution in [1.82, 2.24) is 4.90 Å². The van der Waals surface area contributed by atoms with Crippen LogP contribution in [0.4, 0.5) is 11.4 Å². The van der Waals surface area contributed by atoms with Crippen molar-refractivity contribution in [1.29, 1.82) is 0 Å². The van der Waals surface area contributed by atoms with Crippen LogP contribution in [0.3, 0.4) is 0 Å². The quantitative estimate of drug-likeness (QED) is 0.571. The van der Waals surface area contributed by atoms with E-state index in [4.69, 9.17) is 9.84 Å². The molecule has 0 saturated carbocycles. The van der Waals surface area contributed by atoms with E-state index in [1.807, 2.05) is 11.9 Å². The molecule has 0 aliphatic carbocycles. The molecule has 0 aromatic heterocycles. The minimum Gasteiger partial charge on any atom is -0.484 e. The first-order valence-corrected chi connectivity index (χ1v) is 7.17. The molecule has 1 heterocycles. The number of nitrogens with zero attached hydrogens (tertiary/aromatic N) is 3. The van der Waals surface area contributed by atoms with Gasteiger partial charge in [-0.15, -0.1) is 0 Å². The summed E-state index contributed by atoms with van der Waals surface area (Å²) in [5, 5.41) is 29.5. The second-order valence-electron chi connectivity index (χ2n) is 5.26. The van der Waals surface area contributed by atoms with Crippen LogP contribution in [0, 0.1) is 10.1 Å². The Morgan fingerprint density at radius 2 is 2.00 bits per heavy atom. The number of ether oxygens (including phenoxy) is 1. The van der Waals surface area contributed by atoms with Crippen molar-refractivity contribution in [2.24, 2.45) is 0 Å². The topological polar surface area (TPSA) is 116 Å². The minimum atomic E-state index is -1.18. The van der Waals surface area contributed by atoms with Crippen LogP contribution in [0.1, 0.15) is 10.4 Å². The number of benzene rings is 1. The predicted molar refractivity (Wildman–Crippen MR) is 82.3 cm³/mol. The summed E-state index contributed by atoms with van der Waals surface area (Å²) in [6.45, 7) is 2.20. The van der Waals surface area contributed by atoms with Crippen molar-refractivity contribution in [3.63, 3.8) is 0 Å². The van der Waals surface area contributed by atoms with Crippen LogP contribution < -0.4 is 9.64 Å². The molecule has 0 spiro atoms. The van der Waals surface area contributed by atoms with Crippen LogP contribution in [0.25, 0.3) is 0 Å². The third kappa shape index (κ3) is 3.88. The van der Waals surface area contributed by atoms with Gasteiger partial charge in [0.25, 0.3) is 0 Å². The third-order valence-corrected chi connectivity index (χ3v) is 3.70. The largest absolute Gasteiger partial charge is 0.484 e. The smallest absolute Gasteiger partial charge is 0.337 e. The molecule has 0 amide bonds. The molecular weight excluding hydrogens is 306 g/mol. The number of hydrogen-bond acceptors (Lipinski definition) is 7. The van der Waals surface area contributed by atoms with Crippen molar-refractivity contribution in [2.45, 2.75) is 0 Å². The van der Waals surface area contributed by atoms with E-state index in [9.17, 15) is 20.0 Å². The van der Waals surface area contributed by atoms with Gasteiger partial charge in [-0.2, -0.15) is 0 Å². The number of carboxylic acid groups (broad SMARTS) is 1. The van der Waals surface area contributed by atoms with E-state index in [1.165, 1.54) is 6.07 Å². The summed E-state index contributed by atoms with van der Waals surface area (Å²) < 4.78 is 5.12. The fourth-order valence-corrected chi connectivity index (χ4v) is 2.45. The number of carbonyl (C=O) groups is 1. The number of nitro groups is 1. The Bertz CT molecular complexity index is 598.